The van der Waals surface area contributed by atoms with Crippen LogP contribution in [0.25, 0.3) is 0 Å². The molecule has 5 fully saturated rings. The second-order valence-corrected chi connectivity index (χ2v) is 21.9. The van der Waals surface area contributed by atoms with E-state index in [0.29, 0.717) is 49.4 Å². The SMILES string of the molecule is C=CC(=O)CCCOC(=O)c1cc(OC(=O)N2CCN(C(=O)Oc3ccc(OC(=O)C4CCC([C@H]5CC[C@H](CC)CC5)CC4)c(C(=O)OCCOC(=O)C=C)c3)CC2)ccc1OC(=O)[C@H]1CC[C@H](C2CCC(CC)CC2)CC1. The van der Waals surface area contributed by atoms with Gasteiger partial charge in [-0.2, -0.15) is 0 Å². The Morgan fingerprint density at radius 1 is 0.487 bits per heavy atom. The summed E-state index contributed by atoms with van der Waals surface area (Å²) in [4.78, 5) is 107. The first-order valence-electron chi connectivity index (χ1n) is 28.7. The smallest absolute Gasteiger partial charge is 0.415 e. The van der Waals surface area contributed by atoms with Gasteiger partial charge < -0.3 is 43.0 Å². The lowest BCUT2D eigenvalue weighted by Crippen LogP contribution is -2.52. The predicted octanol–water partition coefficient (Wildman–Crippen LogP) is 11.4. The van der Waals surface area contributed by atoms with Crippen LogP contribution in [-0.4, -0.2) is 104 Å². The summed E-state index contributed by atoms with van der Waals surface area (Å²) in [6.07, 6.45) is 20.2. The van der Waals surface area contributed by atoms with Crippen LogP contribution in [0, 0.1) is 47.3 Å². The molecule has 424 valence electrons. The number of allylic oxidation sites excluding steroid dienone is 1. The van der Waals surface area contributed by atoms with E-state index in [-0.39, 0.29) is 111 Å². The van der Waals surface area contributed by atoms with Gasteiger partial charge in [-0.25, -0.2) is 24.0 Å². The summed E-state index contributed by atoms with van der Waals surface area (Å²) in [5.41, 5.74) is -0.288. The minimum absolute atomic E-state index is 0.0120. The van der Waals surface area contributed by atoms with Crippen LogP contribution >= 0.6 is 0 Å². The molecule has 1 saturated heterocycles. The van der Waals surface area contributed by atoms with Crippen molar-refractivity contribution in [1.82, 2.24) is 9.80 Å². The van der Waals surface area contributed by atoms with Crippen molar-refractivity contribution in [3.63, 3.8) is 0 Å². The number of carbonyl (C=O) groups is 8. The number of benzene rings is 2. The zero-order valence-electron chi connectivity index (χ0n) is 45.8. The van der Waals surface area contributed by atoms with Crippen molar-refractivity contribution >= 4 is 47.8 Å². The summed E-state index contributed by atoms with van der Waals surface area (Å²) in [7, 11) is 0. The fraction of sp³-hybridized carbons (Fsp3) is 0.607. The minimum Gasteiger partial charge on any atom is -0.462 e. The summed E-state index contributed by atoms with van der Waals surface area (Å²) >= 11 is 0. The highest BCUT2D eigenvalue weighted by Gasteiger charge is 2.36. The van der Waals surface area contributed by atoms with Crippen molar-refractivity contribution < 1.29 is 71.5 Å². The molecule has 2 aromatic rings. The van der Waals surface area contributed by atoms with Gasteiger partial charge in [0.15, 0.2) is 5.78 Å². The van der Waals surface area contributed by atoms with E-state index in [1.54, 1.807) is 0 Å². The Bertz CT molecular complexity index is 2260. The van der Waals surface area contributed by atoms with E-state index in [1.807, 2.05) is 0 Å². The monoisotopic (exact) mass is 1080 g/mol. The third-order valence-corrected chi connectivity index (χ3v) is 17.2. The molecule has 0 spiro atoms. The molecular weight excluding hydrogens is 1000 g/mol. The minimum atomic E-state index is -0.896. The number of carbonyl (C=O) groups excluding carboxylic acids is 8. The number of esters is 5. The lowest BCUT2D eigenvalue weighted by Gasteiger charge is -2.37. The summed E-state index contributed by atoms with van der Waals surface area (Å²) < 4.78 is 38.9. The molecule has 4 aliphatic carbocycles. The van der Waals surface area contributed by atoms with E-state index in [2.05, 4.69) is 27.0 Å². The summed E-state index contributed by atoms with van der Waals surface area (Å²) in [6, 6.07) is 8.14. The fourth-order valence-corrected chi connectivity index (χ4v) is 12.2. The van der Waals surface area contributed by atoms with Gasteiger partial charge in [-0.3, -0.25) is 14.4 Å². The Morgan fingerprint density at radius 2 is 0.872 bits per heavy atom. The maximum absolute atomic E-state index is 13.6. The van der Waals surface area contributed by atoms with Gasteiger partial charge in [-0.05, 0) is 161 Å². The van der Waals surface area contributed by atoms with Crippen molar-refractivity contribution in [2.45, 2.75) is 142 Å². The lowest BCUT2D eigenvalue weighted by atomic mass is 9.69. The first-order chi connectivity index (χ1) is 37.7. The third kappa shape index (κ3) is 16.7. The molecule has 2 aromatic carbocycles. The number of ketones is 1. The summed E-state index contributed by atoms with van der Waals surface area (Å²) in [6.45, 7) is 10.9. The maximum Gasteiger partial charge on any atom is 0.415 e. The molecule has 0 atom stereocenters. The van der Waals surface area contributed by atoms with Gasteiger partial charge in [-0.15, -0.1) is 0 Å². The largest absolute Gasteiger partial charge is 0.462 e. The maximum atomic E-state index is 13.6. The molecule has 0 bridgehead atoms. The van der Waals surface area contributed by atoms with E-state index < -0.39 is 42.0 Å². The third-order valence-electron chi connectivity index (χ3n) is 17.2. The zero-order valence-corrected chi connectivity index (χ0v) is 45.8. The van der Waals surface area contributed by atoms with Crippen LogP contribution in [0.15, 0.2) is 61.7 Å². The molecule has 1 aliphatic heterocycles. The molecule has 4 saturated carbocycles. The first-order valence-corrected chi connectivity index (χ1v) is 28.7. The van der Waals surface area contributed by atoms with Crippen LogP contribution in [0.4, 0.5) is 9.59 Å². The van der Waals surface area contributed by atoms with E-state index in [9.17, 15) is 38.4 Å². The molecule has 7 rings (SSSR count). The van der Waals surface area contributed by atoms with Crippen molar-refractivity contribution in [2.75, 3.05) is 46.0 Å². The van der Waals surface area contributed by atoms with Crippen LogP contribution in [0.3, 0.4) is 0 Å². The number of hydrogen-bond acceptors (Lipinski definition) is 15. The van der Waals surface area contributed by atoms with E-state index >= 15 is 0 Å². The second-order valence-electron chi connectivity index (χ2n) is 21.9. The van der Waals surface area contributed by atoms with Crippen molar-refractivity contribution in [2.24, 2.45) is 47.3 Å². The number of nitrogens with zero attached hydrogens (tertiary/aromatic N) is 2. The highest BCUT2D eigenvalue weighted by Crippen LogP contribution is 2.44. The topological polar surface area (TPSA) is 208 Å². The van der Waals surface area contributed by atoms with Gasteiger partial charge in [0, 0.05) is 38.7 Å². The molecule has 0 N–H and O–H groups in total. The Hall–Kier alpha value is -6.52. The molecule has 78 heavy (non-hydrogen) atoms. The lowest BCUT2D eigenvalue weighted by molar-refractivity contribution is -0.141. The molecular formula is C61H80N2O15. The number of piperazine rings is 1. The molecule has 0 aromatic heterocycles. The van der Waals surface area contributed by atoms with E-state index in [0.717, 1.165) is 43.6 Å². The molecule has 2 amide bonds. The van der Waals surface area contributed by atoms with Crippen LogP contribution in [-0.2, 0) is 33.4 Å². The van der Waals surface area contributed by atoms with Crippen LogP contribution in [0.2, 0.25) is 0 Å². The average Bonchev–Trinajstić information content (AvgIpc) is 3.47. The summed E-state index contributed by atoms with van der Waals surface area (Å²) in [5, 5.41) is 0. The highest BCUT2D eigenvalue weighted by molar-refractivity contribution is 5.95. The van der Waals surface area contributed by atoms with Crippen LogP contribution < -0.4 is 18.9 Å². The number of hydrogen-bond donors (Lipinski definition) is 0. The molecule has 5 aliphatic rings. The van der Waals surface area contributed by atoms with Gasteiger partial charge in [0.25, 0.3) is 0 Å². The van der Waals surface area contributed by atoms with Crippen LogP contribution in [0.1, 0.15) is 163 Å². The van der Waals surface area contributed by atoms with Gasteiger partial charge in [-0.1, -0.05) is 65.5 Å². The fourth-order valence-electron chi connectivity index (χ4n) is 12.2. The Labute approximate surface area is 459 Å². The van der Waals surface area contributed by atoms with Crippen molar-refractivity contribution in [3.05, 3.63) is 72.8 Å². The van der Waals surface area contributed by atoms with Crippen molar-refractivity contribution in [1.29, 1.82) is 0 Å². The molecule has 17 nitrogen and oxygen atoms in total. The zero-order chi connectivity index (χ0) is 55.6. The second kappa shape index (κ2) is 29.5. The Morgan fingerprint density at radius 3 is 1.26 bits per heavy atom. The standard InChI is InChI=1S/C61H80N2O15/c1-5-40-11-15-42(16-12-40)44-19-23-46(24-20-44)56(66)77-53-29-27-49(38-51(53)58(68)73-35-9-10-48(64)7-3)75-60(70)62-31-33-63(34-32-62)61(71)76-50-28-30-54(52(39-50)59(69)74-37-36-72-55(65)8-4)78-57(67)47-25-21-45(22-26-47)43-17-13-41(6-2)14-18-43/h7-8,27-30,38-47H,3-6,9-26,31-37H2,1-2H3/t40?,41-,42?,43-,44-,45?,46-,47?. The Kier molecular flexibility index (Phi) is 22.3. The predicted molar refractivity (Wildman–Crippen MR) is 288 cm³/mol. The molecule has 1 heterocycles. The molecule has 17 heteroatoms. The molecule has 0 unspecified atom stereocenters. The number of rotatable bonds is 21. The average molecular weight is 1080 g/mol. The first kappa shape index (κ1) is 59.1. The van der Waals surface area contributed by atoms with Gasteiger partial charge in [0.05, 0.1) is 18.4 Å². The van der Waals surface area contributed by atoms with E-state index in [4.69, 9.17) is 33.2 Å². The Balaban J connectivity index is 0.931. The number of amides is 2. The van der Waals surface area contributed by atoms with Gasteiger partial charge in [0.1, 0.15) is 47.3 Å². The highest BCUT2D eigenvalue weighted by atomic mass is 16.6. The van der Waals surface area contributed by atoms with Gasteiger partial charge in [0.2, 0.25) is 0 Å². The number of ether oxygens (including phenoxy) is 7. The normalized spacial score (nSPS) is 24.3. The van der Waals surface area contributed by atoms with Gasteiger partial charge >= 0.3 is 42.0 Å². The van der Waals surface area contributed by atoms with Crippen molar-refractivity contribution in [3.8, 4) is 23.0 Å². The molecule has 0 radical (unpaired) electrons. The van der Waals surface area contributed by atoms with E-state index in [1.165, 1.54) is 116 Å². The van der Waals surface area contributed by atoms with Crippen LogP contribution in [0.5, 0.6) is 23.0 Å². The quantitative estimate of drug-likeness (QED) is 0.0374. The summed E-state index contributed by atoms with van der Waals surface area (Å²) in [5.74, 6) is -0.0718.